The largest absolute Gasteiger partial charge is 0.354 e. The van der Waals surface area contributed by atoms with Crippen LogP contribution in [0.3, 0.4) is 0 Å². The summed E-state index contributed by atoms with van der Waals surface area (Å²) in [5.74, 6) is 0.915. The third kappa shape index (κ3) is 2.95. The lowest BCUT2D eigenvalue weighted by atomic mass is 9.86. The van der Waals surface area contributed by atoms with Gasteiger partial charge in [0, 0.05) is 19.3 Å². The molecule has 0 spiro atoms. The van der Waals surface area contributed by atoms with Crippen molar-refractivity contribution in [1.82, 2.24) is 20.1 Å². The molecule has 0 bridgehead atoms. The summed E-state index contributed by atoms with van der Waals surface area (Å²) in [6, 6.07) is 8.36. The molecule has 1 aliphatic rings. The number of hydrogen-bond acceptors (Lipinski definition) is 4. The molecule has 3 rings (SSSR count). The number of rotatable bonds is 6. The molecule has 0 unspecified atom stereocenters. The second kappa shape index (κ2) is 6.24. The molecule has 0 saturated heterocycles. The van der Waals surface area contributed by atoms with Crippen LogP contribution < -0.4 is 5.32 Å². The van der Waals surface area contributed by atoms with Crippen molar-refractivity contribution in [3.8, 4) is 0 Å². The number of aryl methyl sites for hydroxylation is 2. The molecule has 24 heavy (non-hydrogen) atoms. The lowest BCUT2D eigenvalue weighted by Gasteiger charge is -2.21. The summed E-state index contributed by atoms with van der Waals surface area (Å²) in [4.78, 5) is 12.9. The van der Waals surface area contributed by atoms with Gasteiger partial charge in [-0.2, -0.15) is 0 Å². The van der Waals surface area contributed by atoms with Gasteiger partial charge in [0.25, 0.3) is 0 Å². The first-order valence-electron chi connectivity index (χ1n) is 8.19. The summed E-state index contributed by atoms with van der Waals surface area (Å²) in [5, 5.41) is 11.9. The minimum Gasteiger partial charge on any atom is -0.354 e. The number of nitrogens with zero attached hydrogens (tertiary/aromatic N) is 3. The Hall–Kier alpha value is -1.82. The molecule has 1 N–H and O–H groups in total. The van der Waals surface area contributed by atoms with Gasteiger partial charge in [-0.3, -0.25) is 4.79 Å². The Labute approximate surface area is 147 Å². The van der Waals surface area contributed by atoms with Gasteiger partial charge in [0.2, 0.25) is 5.91 Å². The molecule has 1 heterocycles. The Balaban J connectivity index is 1.62. The van der Waals surface area contributed by atoms with Gasteiger partial charge in [-0.05, 0) is 24.3 Å². The first kappa shape index (κ1) is 17.0. The van der Waals surface area contributed by atoms with E-state index in [1.807, 2.05) is 11.6 Å². The monoisotopic (exact) mass is 344 g/mol. The molecule has 1 aromatic heterocycles. The molecular weight excluding hydrogens is 320 g/mol. The van der Waals surface area contributed by atoms with Crippen molar-refractivity contribution in [2.45, 2.75) is 37.8 Å². The molecule has 1 fully saturated rings. The molecular formula is C18H24N4OS. The zero-order valence-corrected chi connectivity index (χ0v) is 15.5. The van der Waals surface area contributed by atoms with E-state index in [9.17, 15) is 4.79 Å². The molecule has 1 saturated carbocycles. The van der Waals surface area contributed by atoms with Crippen molar-refractivity contribution in [2.24, 2.45) is 12.5 Å². The number of thioether (sulfide) groups is 1. The zero-order valence-electron chi connectivity index (χ0n) is 14.7. The fourth-order valence-corrected chi connectivity index (χ4v) is 4.07. The van der Waals surface area contributed by atoms with Crippen molar-refractivity contribution >= 4 is 17.7 Å². The Kier molecular flexibility index (Phi) is 4.42. The van der Waals surface area contributed by atoms with Crippen LogP contribution >= 0.6 is 11.8 Å². The molecule has 5 nitrogen and oxygen atoms in total. The number of aromatic nitrogens is 3. The minimum absolute atomic E-state index is 0.00305. The molecule has 2 aromatic rings. The molecule has 1 aliphatic carbocycles. The Bertz CT molecular complexity index is 738. The highest BCUT2D eigenvalue weighted by Gasteiger charge is 2.66. The standard InChI is InChI=1S/C18H24N4OS/c1-13-5-7-14(8-6-13)18(11-17(18,2)3)15(23)19-9-10-24-16-21-20-12-22(16)4/h5-8,12H,9-11H2,1-4H3,(H,19,23)/t18-/m0/s1. The second-order valence-corrected chi connectivity index (χ2v) is 8.22. The summed E-state index contributed by atoms with van der Waals surface area (Å²) in [7, 11) is 1.92. The van der Waals surface area contributed by atoms with Gasteiger partial charge < -0.3 is 9.88 Å². The molecule has 6 heteroatoms. The molecule has 1 amide bonds. The summed E-state index contributed by atoms with van der Waals surface area (Å²) in [6.07, 6.45) is 2.57. The Morgan fingerprint density at radius 3 is 2.54 bits per heavy atom. The first-order chi connectivity index (χ1) is 11.4. The van der Waals surface area contributed by atoms with E-state index < -0.39 is 5.41 Å². The number of amides is 1. The first-order valence-corrected chi connectivity index (χ1v) is 9.18. The summed E-state index contributed by atoms with van der Waals surface area (Å²) >= 11 is 1.60. The molecule has 1 atom stereocenters. The highest BCUT2D eigenvalue weighted by Crippen LogP contribution is 2.64. The van der Waals surface area contributed by atoms with Crippen LogP contribution in [0.1, 0.15) is 31.4 Å². The maximum atomic E-state index is 12.9. The van der Waals surface area contributed by atoms with Gasteiger partial charge in [0.05, 0.1) is 5.41 Å². The van der Waals surface area contributed by atoms with Gasteiger partial charge in [-0.1, -0.05) is 55.4 Å². The van der Waals surface area contributed by atoms with Crippen molar-refractivity contribution < 1.29 is 4.79 Å². The highest BCUT2D eigenvalue weighted by atomic mass is 32.2. The summed E-state index contributed by atoms with van der Waals surface area (Å²) in [5.41, 5.74) is 1.95. The van der Waals surface area contributed by atoms with E-state index in [1.165, 1.54) is 5.56 Å². The van der Waals surface area contributed by atoms with E-state index in [2.05, 4.69) is 60.6 Å². The Morgan fingerprint density at radius 2 is 2.00 bits per heavy atom. The predicted molar refractivity (Wildman–Crippen MR) is 96.0 cm³/mol. The molecule has 1 aromatic carbocycles. The van der Waals surface area contributed by atoms with Crippen LogP contribution in [0.25, 0.3) is 0 Å². The van der Waals surface area contributed by atoms with Crippen LogP contribution in [0.4, 0.5) is 0 Å². The minimum atomic E-state index is -0.393. The normalized spacial score (nSPS) is 21.5. The van der Waals surface area contributed by atoms with Crippen LogP contribution in [0.5, 0.6) is 0 Å². The predicted octanol–water partition coefficient (Wildman–Crippen LogP) is 2.70. The quantitative estimate of drug-likeness (QED) is 0.646. The van der Waals surface area contributed by atoms with Crippen LogP contribution in [0.2, 0.25) is 0 Å². The third-order valence-electron chi connectivity index (χ3n) is 4.96. The van der Waals surface area contributed by atoms with Gasteiger partial charge >= 0.3 is 0 Å². The lowest BCUT2D eigenvalue weighted by molar-refractivity contribution is -0.124. The second-order valence-electron chi connectivity index (χ2n) is 7.16. The van der Waals surface area contributed by atoms with Crippen molar-refractivity contribution in [2.75, 3.05) is 12.3 Å². The molecule has 0 aliphatic heterocycles. The van der Waals surface area contributed by atoms with Crippen LogP contribution in [0.15, 0.2) is 35.7 Å². The highest BCUT2D eigenvalue weighted by molar-refractivity contribution is 7.99. The fourth-order valence-electron chi connectivity index (χ4n) is 3.33. The van der Waals surface area contributed by atoms with E-state index in [0.29, 0.717) is 6.54 Å². The smallest absolute Gasteiger partial charge is 0.231 e. The Morgan fingerprint density at radius 1 is 1.33 bits per heavy atom. The van der Waals surface area contributed by atoms with E-state index in [0.717, 1.165) is 22.9 Å². The van der Waals surface area contributed by atoms with Crippen molar-refractivity contribution in [3.05, 3.63) is 41.7 Å². The number of carbonyl (C=O) groups excluding carboxylic acids is 1. The van der Waals surface area contributed by atoms with E-state index >= 15 is 0 Å². The van der Waals surface area contributed by atoms with E-state index in [1.54, 1.807) is 18.1 Å². The summed E-state index contributed by atoms with van der Waals surface area (Å²) in [6.45, 7) is 7.03. The maximum absolute atomic E-state index is 12.9. The van der Waals surface area contributed by atoms with Gasteiger partial charge in [0.15, 0.2) is 5.16 Å². The van der Waals surface area contributed by atoms with Gasteiger partial charge in [0.1, 0.15) is 6.33 Å². The number of hydrogen-bond donors (Lipinski definition) is 1. The van der Waals surface area contributed by atoms with Crippen molar-refractivity contribution in [3.63, 3.8) is 0 Å². The summed E-state index contributed by atoms with van der Waals surface area (Å²) < 4.78 is 1.88. The van der Waals surface area contributed by atoms with E-state index in [4.69, 9.17) is 0 Å². The number of benzene rings is 1. The van der Waals surface area contributed by atoms with Crippen LogP contribution in [0, 0.1) is 12.3 Å². The van der Waals surface area contributed by atoms with Gasteiger partial charge in [-0.15, -0.1) is 10.2 Å². The maximum Gasteiger partial charge on any atom is 0.231 e. The van der Waals surface area contributed by atoms with Crippen molar-refractivity contribution in [1.29, 1.82) is 0 Å². The number of carbonyl (C=O) groups is 1. The van der Waals surface area contributed by atoms with Gasteiger partial charge in [-0.25, -0.2) is 0 Å². The molecule has 0 radical (unpaired) electrons. The number of nitrogens with one attached hydrogen (secondary N) is 1. The average Bonchev–Trinajstić information content (AvgIpc) is 2.91. The van der Waals surface area contributed by atoms with Crippen LogP contribution in [-0.2, 0) is 17.3 Å². The average molecular weight is 344 g/mol. The topological polar surface area (TPSA) is 59.8 Å². The van der Waals surface area contributed by atoms with Crippen LogP contribution in [-0.4, -0.2) is 33.0 Å². The zero-order chi connectivity index (χ0) is 17.4. The lowest BCUT2D eigenvalue weighted by Crippen LogP contribution is -2.38. The van der Waals surface area contributed by atoms with E-state index in [-0.39, 0.29) is 11.3 Å². The SMILES string of the molecule is Cc1ccc([C@]2(C(=O)NCCSc3nncn3C)CC2(C)C)cc1. The fraction of sp³-hybridized carbons (Fsp3) is 0.500. The molecule has 128 valence electrons. The third-order valence-corrected chi connectivity index (χ3v) is 5.99.